The summed E-state index contributed by atoms with van der Waals surface area (Å²) in [7, 11) is 0. The third-order valence-electron chi connectivity index (χ3n) is 8.60. The number of ketones is 1. The van der Waals surface area contributed by atoms with Crippen LogP contribution >= 0.6 is 0 Å². The summed E-state index contributed by atoms with van der Waals surface area (Å²) in [6.07, 6.45) is 13.8. The second-order valence-electron chi connectivity index (χ2n) is 9.18. The van der Waals surface area contributed by atoms with Gasteiger partial charge in [0.05, 0.1) is 0 Å². The van der Waals surface area contributed by atoms with Gasteiger partial charge in [0.2, 0.25) is 0 Å². The maximum atomic E-state index is 11.9. The van der Waals surface area contributed by atoms with E-state index >= 15 is 0 Å². The normalized spacial score (nSPS) is 46.7. The van der Waals surface area contributed by atoms with Crippen LogP contribution in [0.3, 0.4) is 0 Å². The van der Waals surface area contributed by atoms with E-state index in [0.29, 0.717) is 30.1 Å². The van der Waals surface area contributed by atoms with Crippen molar-refractivity contribution in [2.75, 3.05) is 0 Å². The summed E-state index contributed by atoms with van der Waals surface area (Å²) >= 11 is 0. The Balaban J connectivity index is 1.52. The van der Waals surface area contributed by atoms with Gasteiger partial charge in [-0.25, -0.2) is 4.79 Å². The summed E-state index contributed by atoms with van der Waals surface area (Å²) in [5, 5.41) is 0. The predicted octanol–water partition coefficient (Wildman–Crippen LogP) is 4.54. The van der Waals surface area contributed by atoms with E-state index in [1.165, 1.54) is 17.6 Å². The smallest absolute Gasteiger partial charge is 0.331 e. The molecule has 1 heterocycles. The number of hydrogen-bond acceptors (Lipinski definition) is 3. The molecule has 5 rings (SSSR count). The van der Waals surface area contributed by atoms with Gasteiger partial charge in [-0.05, 0) is 86.3 Å². The molecular formula is C23H28O3. The molecular weight excluding hydrogens is 324 g/mol. The minimum atomic E-state index is -0.367. The van der Waals surface area contributed by atoms with Gasteiger partial charge in [0.15, 0.2) is 5.78 Å². The molecule has 0 N–H and O–H groups in total. The van der Waals surface area contributed by atoms with Crippen molar-refractivity contribution in [2.24, 2.45) is 29.1 Å². The van der Waals surface area contributed by atoms with Crippen molar-refractivity contribution < 1.29 is 14.3 Å². The highest BCUT2D eigenvalue weighted by molar-refractivity contribution is 5.92. The molecule has 6 atom stereocenters. The van der Waals surface area contributed by atoms with Crippen LogP contribution < -0.4 is 0 Å². The van der Waals surface area contributed by atoms with Gasteiger partial charge in [-0.2, -0.15) is 0 Å². The SMILES string of the molecule is C=C1CC2C(CC[C@@]3(CC)C2CC[C@@]32C=CC(=O)O2)[C@H]2CCC(=O)C=C12. The molecule has 0 aromatic heterocycles. The number of esters is 1. The number of hydrogen-bond donors (Lipinski definition) is 0. The number of carbonyl (C=O) groups is 2. The summed E-state index contributed by atoms with van der Waals surface area (Å²) in [5.41, 5.74) is 2.17. The molecule has 26 heavy (non-hydrogen) atoms. The van der Waals surface area contributed by atoms with Crippen LogP contribution in [0, 0.1) is 29.1 Å². The minimum absolute atomic E-state index is 0.0861. The molecule has 5 aliphatic rings. The first kappa shape index (κ1) is 16.5. The van der Waals surface area contributed by atoms with E-state index in [4.69, 9.17) is 4.74 Å². The Morgan fingerprint density at radius 3 is 2.77 bits per heavy atom. The molecule has 0 aromatic carbocycles. The molecule has 0 saturated heterocycles. The van der Waals surface area contributed by atoms with Crippen LogP contribution in [-0.4, -0.2) is 17.4 Å². The molecule has 1 aliphatic heterocycles. The first-order valence-electron chi connectivity index (χ1n) is 10.3. The molecule has 0 radical (unpaired) electrons. The number of allylic oxidation sites excluding steroid dienone is 2. The van der Waals surface area contributed by atoms with Gasteiger partial charge in [-0.1, -0.05) is 19.1 Å². The largest absolute Gasteiger partial charge is 0.451 e. The fraction of sp³-hybridized carbons (Fsp3) is 0.652. The highest BCUT2D eigenvalue weighted by Gasteiger charge is 2.66. The molecule has 0 amide bonds. The molecule has 4 aliphatic carbocycles. The van der Waals surface area contributed by atoms with E-state index in [1.54, 1.807) is 6.08 Å². The van der Waals surface area contributed by atoms with Crippen molar-refractivity contribution in [3.63, 3.8) is 0 Å². The third kappa shape index (κ3) is 1.95. The zero-order valence-corrected chi connectivity index (χ0v) is 15.6. The highest BCUT2D eigenvalue weighted by atomic mass is 16.6. The van der Waals surface area contributed by atoms with Crippen LogP contribution in [0.1, 0.15) is 58.3 Å². The first-order valence-corrected chi connectivity index (χ1v) is 10.3. The van der Waals surface area contributed by atoms with E-state index in [2.05, 4.69) is 19.6 Å². The summed E-state index contributed by atoms with van der Waals surface area (Å²) < 4.78 is 5.97. The van der Waals surface area contributed by atoms with Crippen LogP contribution in [-0.2, 0) is 14.3 Å². The molecule has 0 bridgehead atoms. The molecule has 0 aromatic rings. The highest BCUT2D eigenvalue weighted by Crippen LogP contribution is 2.68. The average molecular weight is 352 g/mol. The van der Waals surface area contributed by atoms with Crippen molar-refractivity contribution in [1.29, 1.82) is 0 Å². The number of carbonyl (C=O) groups excluding carboxylic acids is 2. The Morgan fingerprint density at radius 2 is 2.04 bits per heavy atom. The Morgan fingerprint density at radius 1 is 1.19 bits per heavy atom. The van der Waals surface area contributed by atoms with Gasteiger partial charge in [0.1, 0.15) is 5.60 Å². The fourth-order valence-corrected chi connectivity index (χ4v) is 7.57. The second-order valence-corrected chi connectivity index (χ2v) is 9.18. The van der Waals surface area contributed by atoms with Gasteiger partial charge >= 0.3 is 5.97 Å². The number of rotatable bonds is 1. The summed E-state index contributed by atoms with van der Waals surface area (Å²) in [6, 6.07) is 0. The maximum Gasteiger partial charge on any atom is 0.331 e. The predicted molar refractivity (Wildman–Crippen MR) is 99.2 cm³/mol. The lowest BCUT2D eigenvalue weighted by molar-refractivity contribution is -0.163. The Kier molecular flexibility index (Phi) is 3.45. The van der Waals surface area contributed by atoms with Gasteiger partial charge in [-0.15, -0.1) is 0 Å². The van der Waals surface area contributed by atoms with Gasteiger partial charge in [-0.3, -0.25) is 4.79 Å². The van der Waals surface area contributed by atoms with E-state index in [9.17, 15) is 9.59 Å². The van der Waals surface area contributed by atoms with Crippen LogP contribution in [0.4, 0.5) is 0 Å². The molecule has 1 spiro atoms. The van der Waals surface area contributed by atoms with E-state index in [0.717, 1.165) is 38.5 Å². The topological polar surface area (TPSA) is 43.4 Å². The van der Waals surface area contributed by atoms with Crippen LogP contribution in [0.5, 0.6) is 0 Å². The quantitative estimate of drug-likeness (QED) is 0.651. The lowest BCUT2D eigenvalue weighted by Gasteiger charge is -2.56. The van der Waals surface area contributed by atoms with Crippen molar-refractivity contribution in [3.05, 3.63) is 36.0 Å². The lowest BCUT2D eigenvalue weighted by atomic mass is 9.49. The molecule has 3 nitrogen and oxygen atoms in total. The molecule has 138 valence electrons. The van der Waals surface area contributed by atoms with Crippen LogP contribution in [0.15, 0.2) is 36.0 Å². The van der Waals surface area contributed by atoms with Crippen molar-refractivity contribution in [2.45, 2.75) is 63.9 Å². The summed E-state index contributed by atoms with van der Waals surface area (Å²) in [5.74, 6) is 2.52. The maximum absolute atomic E-state index is 11.9. The minimum Gasteiger partial charge on any atom is -0.451 e. The number of ether oxygens (including phenoxy) is 1. The second kappa shape index (κ2) is 5.43. The van der Waals surface area contributed by atoms with Crippen LogP contribution in [0.25, 0.3) is 0 Å². The van der Waals surface area contributed by atoms with Crippen LogP contribution in [0.2, 0.25) is 0 Å². The standard InChI is InChI=1S/C23H28O3/c1-3-22-9-6-17-16-5-4-15(24)13-18(16)14(2)12-19(17)20(22)7-10-23(22)11-8-21(25)26-23/h8,11,13,16-17,19-20H,2-7,9-10,12H2,1H3/t16-,17?,19?,20?,22+,23-/m1/s1. The number of fused-ring (bicyclic) bond motifs is 6. The molecule has 3 heteroatoms. The summed E-state index contributed by atoms with van der Waals surface area (Å²) in [4.78, 5) is 23.9. The molecule has 3 unspecified atom stereocenters. The molecule has 3 fully saturated rings. The zero-order valence-electron chi connectivity index (χ0n) is 15.6. The fourth-order valence-electron chi connectivity index (χ4n) is 7.57. The monoisotopic (exact) mass is 352 g/mol. The third-order valence-corrected chi connectivity index (χ3v) is 8.60. The van der Waals surface area contributed by atoms with E-state index < -0.39 is 0 Å². The summed E-state index contributed by atoms with van der Waals surface area (Å²) in [6.45, 7) is 6.65. The van der Waals surface area contributed by atoms with Gasteiger partial charge < -0.3 is 4.74 Å². The van der Waals surface area contributed by atoms with Crippen molar-refractivity contribution in [1.82, 2.24) is 0 Å². The average Bonchev–Trinajstić information content (AvgIpc) is 3.17. The first-order chi connectivity index (χ1) is 12.5. The Labute approximate surface area is 155 Å². The Hall–Kier alpha value is -1.64. The lowest BCUT2D eigenvalue weighted by Crippen LogP contribution is -2.53. The van der Waals surface area contributed by atoms with E-state index in [1.807, 2.05) is 6.08 Å². The Bertz CT molecular complexity index is 759. The zero-order chi connectivity index (χ0) is 18.1. The van der Waals surface area contributed by atoms with E-state index in [-0.39, 0.29) is 22.8 Å². The molecule has 3 saturated carbocycles. The van der Waals surface area contributed by atoms with Gasteiger partial charge in [0, 0.05) is 17.9 Å². The van der Waals surface area contributed by atoms with Gasteiger partial charge in [0.25, 0.3) is 0 Å². The van der Waals surface area contributed by atoms with Crippen molar-refractivity contribution in [3.8, 4) is 0 Å². The van der Waals surface area contributed by atoms with Crippen molar-refractivity contribution >= 4 is 11.8 Å².